The van der Waals surface area contributed by atoms with Crippen LogP contribution >= 0.6 is 0 Å². The number of aliphatic carboxylic acids is 1. The zero-order chi connectivity index (χ0) is 24.7. The van der Waals surface area contributed by atoms with Gasteiger partial charge in [-0.1, -0.05) is 18.2 Å². The van der Waals surface area contributed by atoms with Crippen molar-refractivity contribution in [2.45, 2.75) is 43.8 Å². The van der Waals surface area contributed by atoms with Crippen LogP contribution in [-0.4, -0.2) is 56.0 Å². The summed E-state index contributed by atoms with van der Waals surface area (Å²) >= 11 is 0. The van der Waals surface area contributed by atoms with E-state index in [1.807, 2.05) is 30.5 Å². The Labute approximate surface area is 193 Å². The predicted octanol–water partition coefficient (Wildman–Crippen LogP) is 0.235. The van der Waals surface area contributed by atoms with Crippen LogP contribution in [0.4, 0.5) is 4.79 Å². The van der Waals surface area contributed by atoms with E-state index in [0.717, 1.165) is 16.5 Å². The van der Waals surface area contributed by atoms with Gasteiger partial charge in [-0.15, -0.1) is 10.2 Å². The van der Waals surface area contributed by atoms with Crippen LogP contribution in [0.5, 0.6) is 0 Å². The third-order valence-electron chi connectivity index (χ3n) is 5.19. The fraction of sp³-hybridized carbons (Fsp3) is 0.381. The Morgan fingerprint density at radius 1 is 1.15 bits per heavy atom. The van der Waals surface area contributed by atoms with Crippen molar-refractivity contribution < 1.29 is 29.0 Å². The van der Waals surface area contributed by atoms with Gasteiger partial charge >= 0.3 is 12.0 Å². The van der Waals surface area contributed by atoms with Crippen molar-refractivity contribution in [3.63, 3.8) is 0 Å². The number of carbonyl (C=O) groups is 3. The molecule has 2 heterocycles. The maximum absolute atomic E-state index is 12.3. The number of H-pyrrole nitrogens is 1. The number of carbonyl (C=O) groups excluding carboxylic acids is 2. The third kappa shape index (κ3) is 6.30. The Hall–Kier alpha value is -3.97. The van der Waals surface area contributed by atoms with Crippen LogP contribution in [0.2, 0.25) is 0 Å². The molecular formula is C21H27N7O6. The minimum atomic E-state index is -1.27. The molecular weight excluding hydrogens is 446 g/mol. The number of aliphatic hydroxyl groups is 1. The number of primary amides is 1. The summed E-state index contributed by atoms with van der Waals surface area (Å²) in [6, 6.07) is 3.93. The Bertz CT molecular complexity index is 1140. The number of benzene rings is 1. The SMILES string of the molecule is NC(=O)CCC[C@H](NC(=O)N[C@@H](CO)c1nnc([C@@H](N)Cc2c[nH]c3ccccc23)o1)C(=O)O. The zero-order valence-electron chi connectivity index (χ0n) is 18.2. The Morgan fingerprint density at radius 3 is 2.59 bits per heavy atom. The molecule has 3 atom stereocenters. The van der Waals surface area contributed by atoms with Gasteiger partial charge in [0.05, 0.1) is 12.6 Å². The lowest BCUT2D eigenvalue weighted by atomic mass is 10.1. The molecule has 0 fully saturated rings. The van der Waals surface area contributed by atoms with E-state index in [9.17, 15) is 24.6 Å². The molecule has 0 spiro atoms. The molecule has 3 aromatic rings. The topological polar surface area (TPSA) is 222 Å². The molecule has 0 bridgehead atoms. The van der Waals surface area contributed by atoms with Crippen molar-refractivity contribution in [2.75, 3.05) is 6.61 Å². The van der Waals surface area contributed by atoms with Gasteiger partial charge in [-0.05, 0) is 30.9 Å². The largest absolute Gasteiger partial charge is 0.480 e. The van der Waals surface area contributed by atoms with Crippen molar-refractivity contribution in [1.29, 1.82) is 0 Å². The molecule has 0 aliphatic heterocycles. The summed E-state index contributed by atoms with van der Waals surface area (Å²) in [7, 11) is 0. The Kier molecular flexibility index (Phi) is 8.16. The molecule has 0 saturated carbocycles. The van der Waals surface area contributed by atoms with E-state index < -0.39 is 42.6 Å². The maximum Gasteiger partial charge on any atom is 0.326 e. The van der Waals surface area contributed by atoms with Crippen molar-refractivity contribution >= 4 is 28.8 Å². The first-order valence-electron chi connectivity index (χ1n) is 10.6. The number of aromatic nitrogens is 3. The van der Waals surface area contributed by atoms with Crippen molar-refractivity contribution in [1.82, 2.24) is 25.8 Å². The van der Waals surface area contributed by atoms with Crippen LogP contribution in [0.15, 0.2) is 34.9 Å². The van der Waals surface area contributed by atoms with E-state index in [1.54, 1.807) is 0 Å². The van der Waals surface area contributed by atoms with E-state index in [1.165, 1.54) is 0 Å². The minimum absolute atomic E-state index is 0.00286. The number of urea groups is 1. The first-order valence-corrected chi connectivity index (χ1v) is 10.6. The highest BCUT2D eigenvalue weighted by atomic mass is 16.4. The fourth-order valence-electron chi connectivity index (χ4n) is 3.44. The molecule has 0 aliphatic rings. The summed E-state index contributed by atoms with van der Waals surface area (Å²) in [5.41, 5.74) is 13.2. The average Bonchev–Trinajstić information content (AvgIpc) is 3.44. The van der Waals surface area contributed by atoms with Crippen LogP contribution in [-0.2, 0) is 16.0 Å². The normalized spacial score (nSPS) is 13.8. The smallest absolute Gasteiger partial charge is 0.326 e. The lowest BCUT2D eigenvalue weighted by molar-refractivity contribution is -0.139. The molecule has 3 amide bonds. The molecule has 13 heteroatoms. The van der Waals surface area contributed by atoms with Crippen molar-refractivity contribution in [2.24, 2.45) is 11.5 Å². The number of nitrogens with two attached hydrogens (primary N) is 2. The highest BCUT2D eigenvalue weighted by Crippen LogP contribution is 2.23. The second-order valence-electron chi connectivity index (χ2n) is 7.75. The maximum atomic E-state index is 12.3. The van der Waals surface area contributed by atoms with Crippen LogP contribution in [0.25, 0.3) is 10.9 Å². The number of carboxylic acid groups (broad SMARTS) is 1. The number of aromatic amines is 1. The van der Waals surface area contributed by atoms with Crippen LogP contribution in [0.1, 0.15) is 48.7 Å². The number of aliphatic hydroxyl groups excluding tert-OH is 1. The molecule has 0 aliphatic carbocycles. The number of amides is 3. The number of rotatable bonds is 12. The first kappa shape index (κ1) is 24.7. The number of nitrogens with one attached hydrogen (secondary N) is 3. The number of nitrogens with zero attached hydrogens (tertiary/aromatic N) is 2. The summed E-state index contributed by atoms with van der Waals surface area (Å²) < 4.78 is 5.58. The van der Waals surface area contributed by atoms with Crippen molar-refractivity contribution in [3.8, 4) is 0 Å². The van der Waals surface area contributed by atoms with E-state index in [2.05, 4.69) is 25.8 Å². The highest BCUT2D eigenvalue weighted by molar-refractivity contribution is 5.83. The molecule has 2 aromatic heterocycles. The molecule has 3 rings (SSSR count). The van der Waals surface area contributed by atoms with Gasteiger partial charge in [0.2, 0.25) is 17.7 Å². The number of hydrogen-bond acceptors (Lipinski definition) is 8. The zero-order valence-corrected chi connectivity index (χ0v) is 18.2. The molecule has 182 valence electrons. The van der Waals surface area contributed by atoms with E-state index in [-0.39, 0.29) is 31.0 Å². The Morgan fingerprint density at radius 2 is 1.88 bits per heavy atom. The van der Waals surface area contributed by atoms with E-state index in [0.29, 0.717) is 6.42 Å². The fourth-order valence-corrected chi connectivity index (χ4v) is 3.44. The summed E-state index contributed by atoms with van der Waals surface area (Å²) in [5.74, 6) is -1.80. The van der Waals surface area contributed by atoms with Gasteiger partial charge in [0, 0.05) is 23.5 Å². The summed E-state index contributed by atoms with van der Waals surface area (Å²) in [6.45, 7) is -0.577. The average molecular weight is 473 g/mol. The lowest BCUT2D eigenvalue weighted by Gasteiger charge is -2.17. The number of hydrogen-bond donors (Lipinski definition) is 7. The third-order valence-corrected chi connectivity index (χ3v) is 5.19. The van der Waals surface area contributed by atoms with Gasteiger partial charge in [0.1, 0.15) is 12.1 Å². The molecule has 13 nitrogen and oxygen atoms in total. The molecule has 9 N–H and O–H groups in total. The lowest BCUT2D eigenvalue weighted by Crippen LogP contribution is -2.47. The van der Waals surface area contributed by atoms with Gasteiger partial charge in [-0.2, -0.15) is 0 Å². The second kappa shape index (κ2) is 11.2. The Balaban J connectivity index is 1.60. The van der Waals surface area contributed by atoms with E-state index >= 15 is 0 Å². The van der Waals surface area contributed by atoms with Crippen LogP contribution in [0, 0.1) is 0 Å². The number of para-hydroxylation sites is 1. The van der Waals surface area contributed by atoms with Crippen LogP contribution in [0.3, 0.4) is 0 Å². The van der Waals surface area contributed by atoms with Crippen molar-refractivity contribution in [3.05, 3.63) is 47.8 Å². The minimum Gasteiger partial charge on any atom is -0.480 e. The van der Waals surface area contributed by atoms with Gasteiger partial charge in [0.25, 0.3) is 0 Å². The first-order chi connectivity index (χ1) is 16.3. The number of carboxylic acids is 1. The van der Waals surface area contributed by atoms with E-state index in [4.69, 9.17) is 15.9 Å². The molecule has 0 saturated heterocycles. The highest BCUT2D eigenvalue weighted by Gasteiger charge is 2.25. The quantitative estimate of drug-likeness (QED) is 0.191. The molecule has 0 unspecified atom stereocenters. The summed E-state index contributed by atoms with van der Waals surface area (Å²) in [5, 5.41) is 32.4. The second-order valence-corrected chi connectivity index (χ2v) is 7.75. The van der Waals surface area contributed by atoms with Gasteiger partial charge in [0.15, 0.2) is 0 Å². The van der Waals surface area contributed by atoms with Gasteiger partial charge in [-0.25, -0.2) is 9.59 Å². The van der Waals surface area contributed by atoms with Gasteiger partial charge in [-0.3, -0.25) is 4.79 Å². The predicted molar refractivity (Wildman–Crippen MR) is 119 cm³/mol. The summed E-state index contributed by atoms with van der Waals surface area (Å²) in [4.78, 5) is 37.6. The van der Waals surface area contributed by atoms with Gasteiger partial charge < -0.3 is 41.7 Å². The molecule has 34 heavy (non-hydrogen) atoms. The van der Waals surface area contributed by atoms with Crippen LogP contribution < -0.4 is 22.1 Å². The molecule has 0 radical (unpaired) electrons. The standard InChI is InChI=1S/C21H27N7O6/c22-13(8-11-9-24-14-5-2-1-4-12(11)14)18-27-28-19(34-18)16(10-29)26-21(33)25-15(20(31)32)6-3-7-17(23)30/h1-2,4-5,9,13,15-16,24,29H,3,6-8,10,22H2,(H2,23,30)(H,31,32)(H2,25,26,33)/t13-,15-,16-/m0/s1. The molecule has 1 aromatic carbocycles. The summed E-state index contributed by atoms with van der Waals surface area (Å²) in [6.07, 6.45) is 2.46. The number of fused-ring (bicyclic) bond motifs is 1. The monoisotopic (exact) mass is 473 g/mol.